The maximum absolute atomic E-state index is 11.4. The quantitative estimate of drug-likeness (QED) is 0.874. The fraction of sp³-hybridized carbons (Fsp3) is 0.733. The number of hydrogen-bond donors (Lipinski definition) is 1. The summed E-state index contributed by atoms with van der Waals surface area (Å²) in [5.41, 5.74) is 0.726. The molecule has 0 aromatic carbocycles. The van der Waals surface area contributed by atoms with E-state index in [2.05, 4.69) is 16.8 Å². The molecule has 21 heavy (non-hydrogen) atoms. The zero-order valence-electron chi connectivity index (χ0n) is 13.0. The Bertz CT molecular complexity index is 483. The summed E-state index contributed by atoms with van der Waals surface area (Å²) in [6.07, 6.45) is 3.03. The molecule has 1 aromatic rings. The van der Waals surface area contributed by atoms with E-state index in [4.69, 9.17) is 4.74 Å². The fourth-order valence-corrected chi connectivity index (χ4v) is 3.55. The molecule has 0 spiro atoms. The van der Waals surface area contributed by atoms with Crippen LogP contribution in [0, 0.1) is 5.92 Å². The summed E-state index contributed by atoms with van der Waals surface area (Å²) in [7, 11) is 2.00. The Balaban J connectivity index is 2.13. The second-order valence-electron chi connectivity index (χ2n) is 5.76. The molecule has 5 nitrogen and oxygen atoms in total. The van der Waals surface area contributed by atoms with E-state index in [1.807, 2.05) is 14.0 Å². The molecule has 6 heteroatoms. The number of carboxylic acid groups (broad SMARTS) is 1. The van der Waals surface area contributed by atoms with E-state index in [1.165, 1.54) is 11.3 Å². The van der Waals surface area contributed by atoms with Crippen molar-refractivity contribution in [1.82, 2.24) is 4.98 Å². The molecule has 1 N–H and O–H groups in total. The van der Waals surface area contributed by atoms with Crippen LogP contribution in [0.5, 0.6) is 0 Å². The third-order valence-corrected chi connectivity index (χ3v) is 5.29. The van der Waals surface area contributed by atoms with Gasteiger partial charge in [-0.05, 0) is 31.1 Å². The molecule has 2 heterocycles. The Morgan fingerprint density at radius 2 is 2.19 bits per heavy atom. The van der Waals surface area contributed by atoms with Crippen LogP contribution in [0.3, 0.4) is 0 Å². The molecule has 118 valence electrons. The van der Waals surface area contributed by atoms with Crippen LogP contribution in [0.1, 0.15) is 54.4 Å². The van der Waals surface area contributed by atoms with Crippen LogP contribution in [-0.4, -0.2) is 42.9 Å². The molecule has 0 bridgehead atoms. The second-order valence-corrected chi connectivity index (χ2v) is 6.74. The number of carboxylic acids is 1. The van der Waals surface area contributed by atoms with Crippen LogP contribution in [0.2, 0.25) is 0 Å². The van der Waals surface area contributed by atoms with Gasteiger partial charge in [-0.1, -0.05) is 25.2 Å². The summed E-state index contributed by atoms with van der Waals surface area (Å²) in [5.74, 6) is -0.0842. The van der Waals surface area contributed by atoms with Crippen LogP contribution in [0.4, 0.5) is 5.13 Å². The molecule has 2 rings (SSSR count). The topological polar surface area (TPSA) is 62.7 Å². The third kappa shape index (κ3) is 3.95. The Morgan fingerprint density at radius 3 is 2.76 bits per heavy atom. The summed E-state index contributed by atoms with van der Waals surface area (Å²) in [5, 5.41) is 10.2. The van der Waals surface area contributed by atoms with Crippen LogP contribution in [0.15, 0.2) is 0 Å². The molecule has 1 aliphatic heterocycles. The fourth-order valence-electron chi connectivity index (χ4n) is 2.56. The van der Waals surface area contributed by atoms with E-state index in [1.54, 1.807) is 0 Å². The lowest BCUT2D eigenvalue weighted by Crippen LogP contribution is -2.29. The number of thiazole rings is 1. The van der Waals surface area contributed by atoms with Gasteiger partial charge in [0.25, 0.3) is 0 Å². The molecule has 1 aromatic heterocycles. The molecule has 0 saturated carbocycles. The number of hydrogen-bond acceptors (Lipinski definition) is 5. The number of aromatic nitrogens is 1. The van der Waals surface area contributed by atoms with Crippen molar-refractivity contribution in [1.29, 1.82) is 0 Å². The Kier molecular flexibility index (Phi) is 5.58. The second kappa shape index (κ2) is 7.22. The van der Waals surface area contributed by atoms with Gasteiger partial charge in [0.1, 0.15) is 4.88 Å². The van der Waals surface area contributed by atoms with Gasteiger partial charge < -0.3 is 14.7 Å². The minimum absolute atomic E-state index is 0.178. The third-order valence-electron chi connectivity index (χ3n) is 4.11. The van der Waals surface area contributed by atoms with Gasteiger partial charge in [0, 0.05) is 26.8 Å². The van der Waals surface area contributed by atoms with Gasteiger partial charge in [0.15, 0.2) is 5.13 Å². The number of ether oxygens (including phenoxy) is 1. The van der Waals surface area contributed by atoms with Gasteiger partial charge in [-0.2, -0.15) is 0 Å². The van der Waals surface area contributed by atoms with Crippen molar-refractivity contribution in [3.8, 4) is 0 Å². The first-order valence-electron chi connectivity index (χ1n) is 7.55. The van der Waals surface area contributed by atoms with Gasteiger partial charge >= 0.3 is 5.97 Å². The predicted octanol–water partition coefficient (Wildman–Crippen LogP) is 3.22. The normalized spacial score (nSPS) is 17.7. The van der Waals surface area contributed by atoms with Crippen LogP contribution >= 0.6 is 11.3 Å². The van der Waals surface area contributed by atoms with Crippen molar-refractivity contribution in [2.45, 2.75) is 39.0 Å². The maximum atomic E-state index is 11.4. The van der Waals surface area contributed by atoms with Gasteiger partial charge in [-0.3, -0.25) is 0 Å². The standard InChI is InChI=1S/C15H24N2O3S/c1-4-10(2)12-13(14(18)19)21-15(16-12)17(3)9-11-5-7-20-8-6-11/h10-11H,4-9H2,1-3H3,(H,18,19). The summed E-state index contributed by atoms with van der Waals surface area (Å²) in [6.45, 7) is 6.66. The van der Waals surface area contributed by atoms with Gasteiger partial charge in [-0.15, -0.1) is 0 Å². The lowest BCUT2D eigenvalue weighted by atomic mass is 10.0. The van der Waals surface area contributed by atoms with Crippen molar-refractivity contribution in [3.05, 3.63) is 10.6 Å². The molecule has 1 atom stereocenters. The van der Waals surface area contributed by atoms with Crippen LogP contribution in [-0.2, 0) is 4.74 Å². The molecule has 0 amide bonds. The highest BCUT2D eigenvalue weighted by molar-refractivity contribution is 7.17. The first-order valence-corrected chi connectivity index (χ1v) is 8.37. The Morgan fingerprint density at radius 1 is 1.52 bits per heavy atom. The highest BCUT2D eigenvalue weighted by atomic mass is 32.1. The SMILES string of the molecule is CCC(C)c1nc(N(C)CC2CCOCC2)sc1C(=O)O. The summed E-state index contributed by atoms with van der Waals surface area (Å²) in [4.78, 5) is 18.5. The highest BCUT2D eigenvalue weighted by Gasteiger charge is 2.24. The van der Waals surface area contributed by atoms with Gasteiger partial charge in [-0.25, -0.2) is 9.78 Å². The number of carbonyl (C=O) groups is 1. The van der Waals surface area contributed by atoms with Crippen molar-refractivity contribution >= 4 is 22.4 Å². The van der Waals surface area contributed by atoms with E-state index in [0.717, 1.165) is 49.8 Å². The number of nitrogens with zero attached hydrogens (tertiary/aromatic N) is 2. The minimum Gasteiger partial charge on any atom is -0.477 e. The molecule has 0 radical (unpaired) electrons. The van der Waals surface area contributed by atoms with Crippen molar-refractivity contribution in [2.24, 2.45) is 5.92 Å². The number of anilines is 1. The van der Waals surface area contributed by atoms with Gasteiger partial charge in [0.05, 0.1) is 5.69 Å². The lowest BCUT2D eigenvalue weighted by Gasteiger charge is -2.26. The van der Waals surface area contributed by atoms with Gasteiger partial charge in [0.2, 0.25) is 0 Å². The molecule has 1 aliphatic rings. The summed E-state index contributed by atoms with van der Waals surface area (Å²) >= 11 is 1.29. The first-order chi connectivity index (χ1) is 10.0. The molecule has 1 saturated heterocycles. The Labute approximate surface area is 129 Å². The first kappa shape index (κ1) is 16.2. The predicted molar refractivity (Wildman–Crippen MR) is 84.6 cm³/mol. The largest absolute Gasteiger partial charge is 0.477 e. The van der Waals surface area contributed by atoms with Crippen LogP contribution in [0.25, 0.3) is 0 Å². The average molecular weight is 312 g/mol. The van der Waals surface area contributed by atoms with E-state index in [0.29, 0.717) is 10.8 Å². The van der Waals surface area contributed by atoms with E-state index < -0.39 is 5.97 Å². The zero-order valence-corrected chi connectivity index (χ0v) is 13.8. The van der Waals surface area contributed by atoms with E-state index in [9.17, 15) is 9.90 Å². The van der Waals surface area contributed by atoms with Crippen LogP contribution < -0.4 is 4.90 Å². The summed E-state index contributed by atoms with van der Waals surface area (Å²) < 4.78 is 5.38. The minimum atomic E-state index is -0.867. The zero-order chi connectivity index (χ0) is 15.4. The average Bonchev–Trinajstić information content (AvgIpc) is 2.93. The highest BCUT2D eigenvalue weighted by Crippen LogP contribution is 2.32. The van der Waals surface area contributed by atoms with E-state index >= 15 is 0 Å². The van der Waals surface area contributed by atoms with E-state index in [-0.39, 0.29) is 5.92 Å². The monoisotopic (exact) mass is 312 g/mol. The lowest BCUT2D eigenvalue weighted by molar-refractivity contribution is 0.0684. The summed E-state index contributed by atoms with van der Waals surface area (Å²) in [6, 6.07) is 0. The number of rotatable bonds is 6. The number of aromatic carboxylic acids is 1. The maximum Gasteiger partial charge on any atom is 0.347 e. The van der Waals surface area contributed by atoms with Crippen molar-refractivity contribution in [3.63, 3.8) is 0 Å². The Hall–Kier alpha value is -1.14. The molecular weight excluding hydrogens is 288 g/mol. The smallest absolute Gasteiger partial charge is 0.347 e. The molecule has 0 aliphatic carbocycles. The molecule has 1 unspecified atom stereocenters. The molecular formula is C15H24N2O3S. The molecule has 1 fully saturated rings. The van der Waals surface area contributed by atoms with Crippen molar-refractivity contribution in [2.75, 3.05) is 31.7 Å². The van der Waals surface area contributed by atoms with Crippen molar-refractivity contribution < 1.29 is 14.6 Å².